The van der Waals surface area contributed by atoms with Gasteiger partial charge < -0.3 is 19.7 Å². The Kier molecular flexibility index (Phi) is 4.52. The van der Waals surface area contributed by atoms with Crippen molar-refractivity contribution in [3.8, 4) is 5.75 Å². The van der Waals surface area contributed by atoms with E-state index in [9.17, 15) is 4.79 Å². The van der Waals surface area contributed by atoms with Gasteiger partial charge in [0.1, 0.15) is 11.6 Å². The van der Waals surface area contributed by atoms with Crippen molar-refractivity contribution in [1.82, 2.24) is 10.3 Å². The number of nitrogens with zero attached hydrogens (tertiary/aromatic N) is 2. The van der Waals surface area contributed by atoms with Crippen molar-refractivity contribution in [2.45, 2.75) is 19.1 Å². The molecule has 2 aliphatic rings. The van der Waals surface area contributed by atoms with Crippen LogP contribution in [0.2, 0.25) is 0 Å². The minimum absolute atomic E-state index is 0.0825. The molecule has 6 nitrogen and oxygen atoms in total. The lowest BCUT2D eigenvalue weighted by Gasteiger charge is -2.28. The quantitative estimate of drug-likeness (QED) is 0.915. The van der Waals surface area contributed by atoms with Crippen LogP contribution in [0.15, 0.2) is 42.6 Å². The molecule has 0 bridgehead atoms. The molecule has 1 unspecified atom stereocenters. The molecule has 0 radical (unpaired) electrons. The van der Waals surface area contributed by atoms with Gasteiger partial charge >= 0.3 is 0 Å². The molecule has 1 N–H and O–H groups in total. The molecule has 1 atom stereocenters. The van der Waals surface area contributed by atoms with E-state index in [2.05, 4.69) is 15.2 Å². The fourth-order valence-corrected chi connectivity index (χ4v) is 3.17. The Morgan fingerprint density at radius 2 is 2.08 bits per heavy atom. The average Bonchev–Trinajstić information content (AvgIpc) is 3.11. The number of benzene rings is 1. The number of carbonyl (C=O) groups excluding carboxylic acids is 1. The minimum Gasteiger partial charge on any atom is -0.480 e. The first-order chi connectivity index (χ1) is 12.3. The Hall–Kier alpha value is -2.60. The number of fused-ring (bicyclic) bond motifs is 1. The van der Waals surface area contributed by atoms with Crippen LogP contribution in [0.5, 0.6) is 5.75 Å². The summed E-state index contributed by atoms with van der Waals surface area (Å²) in [5, 5.41) is 2.97. The third kappa shape index (κ3) is 3.58. The molecular weight excluding hydrogens is 318 g/mol. The molecule has 3 heterocycles. The van der Waals surface area contributed by atoms with Gasteiger partial charge in [0.05, 0.1) is 13.2 Å². The van der Waals surface area contributed by atoms with Crippen LogP contribution >= 0.6 is 0 Å². The highest BCUT2D eigenvalue weighted by Crippen LogP contribution is 2.28. The highest BCUT2D eigenvalue weighted by atomic mass is 16.5. The van der Waals surface area contributed by atoms with E-state index in [1.54, 1.807) is 6.20 Å². The largest absolute Gasteiger partial charge is 0.480 e. The molecule has 4 rings (SSSR count). The number of nitrogens with one attached hydrogen (secondary N) is 1. The van der Waals surface area contributed by atoms with Gasteiger partial charge in [-0.05, 0) is 29.3 Å². The number of carbonyl (C=O) groups is 1. The first-order valence-corrected chi connectivity index (χ1v) is 8.59. The SMILES string of the molecule is O=C(NCc1ccnc(N2CCOCC2)c1)C1Cc2ccccc2O1. The number of anilines is 1. The summed E-state index contributed by atoms with van der Waals surface area (Å²) in [6.45, 7) is 3.60. The molecule has 1 aromatic heterocycles. The van der Waals surface area contributed by atoms with Gasteiger partial charge in [0.25, 0.3) is 5.91 Å². The number of amides is 1. The summed E-state index contributed by atoms with van der Waals surface area (Å²) in [4.78, 5) is 19.0. The van der Waals surface area contributed by atoms with Crippen molar-refractivity contribution in [3.05, 3.63) is 53.7 Å². The molecule has 2 aliphatic heterocycles. The van der Waals surface area contributed by atoms with Gasteiger partial charge in [0, 0.05) is 32.3 Å². The molecule has 0 aliphatic carbocycles. The summed E-state index contributed by atoms with van der Waals surface area (Å²) < 4.78 is 11.1. The Bertz CT molecular complexity index is 734. The van der Waals surface area contributed by atoms with E-state index in [0.717, 1.165) is 49.0 Å². The van der Waals surface area contributed by atoms with Gasteiger partial charge in [0.15, 0.2) is 6.10 Å². The molecular formula is C19H21N3O3. The van der Waals surface area contributed by atoms with Crippen molar-refractivity contribution in [3.63, 3.8) is 0 Å². The summed E-state index contributed by atoms with van der Waals surface area (Å²) in [5.41, 5.74) is 2.11. The number of para-hydroxylation sites is 1. The van der Waals surface area contributed by atoms with E-state index in [1.807, 2.05) is 36.4 Å². The molecule has 1 saturated heterocycles. The minimum atomic E-state index is -0.446. The average molecular weight is 339 g/mol. The van der Waals surface area contributed by atoms with Gasteiger partial charge in [-0.3, -0.25) is 4.79 Å². The molecule has 6 heteroatoms. The zero-order valence-corrected chi connectivity index (χ0v) is 14.0. The van der Waals surface area contributed by atoms with Crippen LogP contribution in [-0.4, -0.2) is 43.3 Å². The smallest absolute Gasteiger partial charge is 0.261 e. The van der Waals surface area contributed by atoms with Crippen LogP contribution in [-0.2, 0) is 22.5 Å². The maximum absolute atomic E-state index is 12.4. The van der Waals surface area contributed by atoms with Gasteiger partial charge in [-0.25, -0.2) is 4.98 Å². The highest BCUT2D eigenvalue weighted by molar-refractivity contribution is 5.82. The predicted molar refractivity (Wildman–Crippen MR) is 93.7 cm³/mol. The van der Waals surface area contributed by atoms with Crippen molar-refractivity contribution in [1.29, 1.82) is 0 Å². The molecule has 0 spiro atoms. The monoisotopic (exact) mass is 339 g/mol. The van der Waals surface area contributed by atoms with Crippen LogP contribution in [0.3, 0.4) is 0 Å². The lowest BCUT2D eigenvalue weighted by atomic mass is 10.1. The van der Waals surface area contributed by atoms with E-state index in [0.29, 0.717) is 13.0 Å². The number of rotatable bonds is 4. The predicted octanol–water partition coefficient (Wildman–Crippen LogP) is 1.54. The van der Waals surface area contributed by atoms with E-state index < -0.39 is 6.10 Å². The van der Waals surface area contributed by atoms with Gasteiger partial charge in [0.2, 0.25) is 0 Å². The van der Waals surface area contributed by atoms with Crippen molar-refractivity contribution in [2.75, 3.05) is 31.2 Å². The number of pyridine rings is 1. The third-order valence-electron chi connectivity index (χ3n) is 4.55. The lowest BCUT2D eigenvalue weighted by molar-refractivity contribution is -0.127. The van der Waals surface area contributed by atoms with Crippen LogP contribution in [0.4, 0.5) is 5.82 Å². The van der Waals surface area contributed by atoms with E-state index in [1.165, 1.54) is 0 Å². The molecule has 1 aromatic carbocycles. The van der Waals surface area contributed by atoms with Crippen molar-refractivity contribution < 1.29 is 14.3 Å². The number of aromatic nitrogens is 1. The zero-order chi connectivity index (χ0) is 17.1. The normalized spacial score (nSPS) is 19.2. The maximum Gasteiger partial charge on any atom is 0.261 e. The van der Waals surface area contributed by atoms with E-state index in [-0.39, 0.29) is 5.91 Å². The number of hydrogen-bond acceptors (Lipinski definition) is 5. The molecule has 1 fully saturated rings. The van der Waals surface area contributed by atoms with Crippen LogP contribution in [0, 0.1) is 0 Å². The second-order valence-electron chi connectivity index (χ2n) is 6.26. The van der Waals surface area contributed by atoms with Gasteiger partial charge in [-0.15, -0.1) is 0 Å². The fourth-order valence-electron chi connectivity index (χ4n) is 3.17. The third-order valence-corrected chi connectivity index (χ3v) is 4.55. The Morgan fingerprint density at radius 1 is 1.24 bits per heavy atom. The summed E-state index contributed by atoms with van der Waals surface area (Å²) in [6.07, 6.45) is 1.96. The summed E-state index contributed by atoms with van der Waals surface area (Å²) in [5.74, 6) is 1.65. The fraction of sp³-hybridized carbons (Fsp3) is 0.368. The Labute approximate surface area is 146 Å². The number of hydrogen-bond donors (Lipinski definition) is 1. The standard InChI is InChI=1S/C19H21N3O3/c23-19(17-12-15-3-1-2-4-16(15)25-17)21-13-14-5-6-20-18(11-14)22-7-9-24-10-8-22/h1-6,11,17H,7-10,12-13H2,(H,21,23). The van der Waals surface area contributed by atoms with E-state index >= 15 is 0 Å². The first kappa shape index (κ1) is 15.9. The molecule has 0 saturated carbocycles. The number of morpholine rings is 1. The second kappa shape index (κ2) is 7.11. The molecule has 130 valence electrons. The maximum atomic E-state index is 12.4. The van der Waals surface area contributed by atoms with Crippen LogP contribution < -0.4 is 15.0 Å². The number of ether oxygens (including phenoxy) is 2. The van der Waals surface area contributed by atoms with Crippen molar-refractivity contribution >= 4 is 11.7 Å². The molecule has 25 heavy (non-hydrogen) atoms. The highest BCUT2D eigenvalue weighted by Gasteiger charge is 2.28. The van der Waals surface area contributed by atoms with Crippen molar-refractivity contribution in [2.24, 2.45) is 0 Å². The van der Waals surface area contributed by atoms with Gasteiger partial charge in [-0.2, -0.15) is 0 Å². The molecule has 1 amide bonds. The topological polar surface area (TPSA) is 63.7 Å². The van der Waals surface area contributed by atoms with E-state index in [4.69, 9.17) is 9.47 Å². The first-order valence-electron chi connectivity index (χ1n) is 8.59. The van der Waals surface area contributed by atoms with Crippen LogP contribution in [0.25, 0.3) is 0 Å². The van der Waals surface area contributed by atoms with Gasteiger partial charge in [-0.1, -0.05) is 18.2 Å². The second-order valence-corrected chi connectivity index (χ2v) is 6.26. The Morgan fingerprint density at radius 3 is 2.92 bits per heavy atom. The summed E-state index contributed by atoms with van der Waals surface area (Å²) >= 11 is 0. The lowest BCUT2D eigenvalue weighted by Crippen LogP contribution is -2.37. The molecule has 2 aromatic rings. The Balaban J connectivity index is 1.35. The van der Waals surface area contributed by atoms with Crippen LogP contribution in [0.1, 0.15) is 11.1 Å². The zero-order valence-electron chi connectivity index (χ0n) is 14.0. The summed E-state index contributed by atoms with van der Waals surface area (Å²) in [7, 11) is 0. The summed E-state index contributed by atoms with van der Waals surface area (Å²) in [6, 6.07) is 11.7.